The SMILES string of the molecule is CC(C)(C)c1cc(C=Nc2ccccc2)c(O)c(C(c2cc(C(C)(C)C)cc(C(C)(C)C)c2O)c2cc(C(C)(C)C)cc(C(C)(C)C)c2O)c1. The first kappa shape index (κ1) is 38.7. The molecule has 0 aliphatic carbocycles. The number of aromatic hydroxyl groups is 3. The van der Waals surface area contributed by atoms with Gasteiger partial charge in [-0.1, -0.05) is 152 Å². The highest BCUT2D eigenvalue weighted by atomic mass is 16.3. The van der Waals surface area contributed by atoms with E-state index in [-0.39, 0.29) is 44.3 Å². The highest BCUT2D eigenvalue weighted by molar-refractivity contribution is 5.87. The van der Waals surface area contributed by atoms with E-state index >= 15 is 0 Å². The maximum atomic E-state index is 12.4. The molecule has 0 atom stereocenters. The third kappa shape index (κ3) is 8.28. The molecule has 4 aromatic rings. The molecular weight excluding hydrogens is 615 g/mol. The summed E-state index contributed by atoms with van der Waals surface area (Å²) in [5.74, 6) is -0.298. The first-order valence-electron chi connectivity index (χ1n) is 17.9. The first-order valence-corrected chi connectivity index (χ1v) is 17.9. The Labute approximate surface area is 302 Å². The van der Waals surface area contributed by atoms with Gasteiger partial charge in [-0.2, -0.15) is 0 Å². The molecule has 268 valence electrons. The lowest BCUT2D eigenvalue weighted by Crippen LogP contribution is -2.21. The van der Waals surface area contributed by atoms with E-state index in [1.807, 2.05) is 36.4 Å². The van der Waals surface area contributed by atoms with Crippen molar-refractivity contribution in [3.8, 4) is 17.2 Å². The number of hydrogen-bond donors (Lipinski definition) is 3. The van der Waals surface area contributed by atoms with E-state index in [0.29, 0.717) is 22.3 Å². The number of nitrogens with zero attached hydrogens (tertiary/aromatic N) is 1. The quantitative estimate of drug-likeness (QED) is 0.146. The Morgan fingerprint density at radius 2 is 0.820 bits per heavy atom. The Balaban J connectivity index is 2.28. The van der Waals surface area contributed by atoms with Crippen molar-refractivity contribution in [2.45, 2.75) is 137 Å². The molecule has 0 bridgehead atoms. The summed E-state index contributed by atoms with van der Waals surface area (Å²) in [5.41, 5.74) is 6.56. The van der Waals surface area contributed by atoms with Gasteiger partial charge in [0.1, 0.15) is 17.2 Å². The average Bonchev–Trinajstić information content (AvgIpc) is 2.96. The first-order chi connectivity index (χ1) is 22.7. The van der Waals surface area contributed by atoms with Gasteiger partial charge in [0.25, 0.3) is 0 Å². The van der Waals surface area contributed by atoms with Crippen molar-refractivity contribution in [2.24, 2.45) is 4.99 Å². The van der Waals surface area contributed by atoms with E-state index in [2.05, 4.69) is 134 Å². The van der Waals surface area contributed by atoms with Crippen LogP contribution in [0.25, 0.3) is 0 Å². The zero-order valence-corrected chi connectivity index (χ0v) is 33.3. The largest absolute Gasteiger partial charge is 0.507 e. The van der Waals surface area contributed by atoms with Gasteiger partial charge >= 0.3 is 0 Å². The van der Waals surface area contributed by atoms with Gasteiger partial charge in [-0.15, -0.1) is 0 Å². The molecule has 0 radical (unpaired) electrons. The molecule has 0 saturated heterocycles. The van der Waals surface area contributed by atoms with Gasteiger partial charge in [0.2, 0.25) is 0 Å². The summed E-state index contributed by atoms with van der Waals surface area (Å²) >= 11 is 0. The van der Waals surface area contributed by atoms with Gasteiger partial charge in [0.15, 0.2) is 0 Å². The number of aliphatic imine (C=N–C) groups is 1. The van der Waals surface area contributed by atoms with Gasteiger partial charge in [-0.3, -0.25) is 4.99 Å². The van der Waals surface area contributed by atoms with Crippen LogP contribution < -0.4 is 0 Å². The van der Waals surface area contributed by atoms with Crippen molar-refractivity contribution in [2.75, 3.05) is 0 Å². The van der Waals surface area contributed by atoms with Crippen LogP contribution in [0.3, 0.4) is 0 Å². The summed E-state index contributed by atoms with van der Waals surface area (Å²) < 4.78 is 0. The second-order valence-electron chi connectivity index (χ2n) is 19.2. The maximum Gasteiger partial charge on any atom is 0.128 e. The van der Waals surface area contributed by atoms with Crippen LogP contribution in [0.1, 0.15) is 160 Å². The molecule has 0 aliphatic heterocycles. The van der Waals surface area contributed by atoms with E-state index in [0.717, 1.165) is 33.5 Å². The van der Waals surface area contributed by atoms with Crippen LogP contribution in [0.4, 0.5) is 5.69 Å². The number of phenolic OH excluding ortho intramolecular Hbond substituents is 3. The van der Waals surface area contributed by atoms with Gasteiger partial charge in [-0.05, 0) is 73.1 Å². The predicted molar refractivity (Wildman–Crippen MR) is 212 cm³/mol. The lowest BCUT2D eigenvalue weighted by atomic mass is 9.71. The highest BCUT2D eigenvalue weighted by Gasteiger charge is 2.35. The van der Waals surface area contributed by atoms with E-state index in [4.69, 9.17) is 4.99 Å². The topological polar surface area (TPSA) is 73.1 Å². The summed E-state index contributed by atoms with van der Waals surface area (Å²) in [6.07, 6.45) is 1.72. The third-order valence-corrected chi connectivity index (χ3v) is 9.70. The number of rotatable bonds is 5. The van der Waals surface area contributed by atoms with Crippen molar-refractivity contribution < 1.29 is 15.3 Å². The highest BCUT2D eigenvalue weighted by Crippen LogP contribution is 2.51. The smallest absolute Gasteiger partial charge is 0.128 e. The van der Waals surface area contributed by atoms with Crippen LogP contribution in [0, 0.1) is 0 Å². The van der Waals surface area contributed by atoms with Gasteiger partial charge in [0, 0.05) is 34.4 Å². The minimum atomic E-state index is -0.715. The Hall–Kier alpha value is -4.05. The average molecular weight is 676 g/mol. The van der Waals surface area contributed by atoms with Crippen LogP contribution in [0.5, 0.6) is 17.2 Å². The van der Waals surface area contributed by atoms with E-state index in [9.17, 15) is 15.3 Å². The second-order valence-corrected chi connectivity index (χ2v) is 19.2. The van der Waals surface area contributed by atoms with Crippen LogP contribution in [0.15, 0.2) is 71.7 Å². The zero-order chi connectivity index (χ0) is 37.8. The Bertz CT molecular complexity index is 1800. The van der Waals surface area contributed by atoms with Gasteiger partial charge < -0.3 is 15.3 Å². The molecule has 0 unspecified atom stereocenters. The number of para-hydroxylation sites is 1. The summed E-state index contributed by atoms with van der Waals surface area (Å²) in [6, 6.07) is 22.1. The molecule has 50 heavy (non-hydrogen) atoms. The Morgan fingerprint density at radius 3 is 1.18 bits per heavy atom. The lowest BCUT2D eigenvalue weighted by Gasteiger charge is -2.33. The minimum Gasteiger partial charge on any atom is -0.507 e. The fraction of sp³-hybridized carbons (Fsp3) is 0.457. The molecule has 0 saturated carbocycles. The molecule has 0 heterocycles. The molecule has 3 N–H and O–H groups in total. The van der Waals surface area contributed by atoms with Crippen LogP contribution in [-0.2, 0) is 27.1 Å². The van der Waals surface area contributed by atoms with Crippen molar-refractivity contribution >= 4 is 11.9 Å². The van der Waals surface area contributed by atoms with E-state index in [1.165, 1.54) is 0 Å². The maximum absolute atomic E-state index is 12.4. The van der Waals surface area contributed by atoms with Crippen molar-refractivity contribution in [1.82, 2.24) is 0 Å². The fourth-order valence-corrected chi connectivity index (χ4v) is 6.36. The molecule has 0 spiro atoms. The Morgan fingerprint density at radius 1 is 0.460 bits per heavy atom. The fourth-order valence-electron chi connectivity index (χ4n) is 6.36. The monoisotopic (exact) mass is 675 g/mol. The van der Waals surface area contributed by atoms with Crippen LogP contribution in [0.2, 0.25) is 0 Å². The molecule has 4 nitrogen and oxygen atoms in total. The second kappa shape index (κ2) is 13.2. The van der Waals surface area contributed by atoms with Crippen molar-refractivity contribution in [1.29, 1.82) is 0 Å². The van der Waals surface area contributed by atoms with Crippen molar-refractivity contribution in [3.63, 3.8) is 0 Å². The van der Waals surface area contributed by atoms with E-state index in [1.54, 1.807) is 6.21 Å². The van der Waals surface area contributed by atoms with Crippen LogP contribution >= 0.6 is 0 Å². The molecule has 4 aromatic carbocycles. The molecule has 0 fully saturated rings. The summed E-state index contributed by atoms with van der Waals surface area (Å²) in [7, 11) is 0. The predicted octanol–water partition coefficient (Wildman–Crippen LogP) is 12.2. The molecule has 0 aromatic heterocycles. The van der Waals surface area contributed by atoms with Crippen LogP contribution in [-0.4, -0.2) is 21.5 Å². The number of hydrogen-bond acceptors (Lipinski definition) is 4. The molecule has 4 rings (SSSR count). The third-order valence-electron chi connectivity index (χ3n) is 9.70. The normalized spacial score (nSPS) is 13.4. The Kier molecular flexibility index (Phi) is 10.3. The van der Waals surface area contributed by atoms with Gasteiger partial charge in [0.05, 0.1) is 5.69 Å². The summed E-state index contributed by atoms with van der Waals surface area (Å²) in [6.45, 7) is 32.2. The van der Waals surface area contributed by atoms with E-state index < -0.39 is 5.92 Å². The lowest BCUT2D eigenvalue weighted by molar-refractivity contribution is 0.426. The van der Waals surface area contributed by atoms with Crippen molar-refractivity contribution in [3.05, 3.63) is 117 Å². The zero-order valence-electron chi connectivity index (χ0n) is 33.3. The number of phenols is 3. The minimum absolute atomic E-state index is 0.0680. The standard InChI is InChI=1S/C46H61NO3/c1-42(2,3)29-21-28(27-47-32-19-17-16-18-20-32)39(48)33(22-29)38(34-23-30(43(4,5)6)25-36(40(34)49)45(10,11)12)35-24-31(44(7,8)9)26-37(41(35)50)46(13,14)15/h16-27,38,48-50H,1-15H3. The molecular formula is C46H61NO3. The number of benzene rings is 4. The summed E-state index contributed by atoms with van der Waals surface area (Å²) in [4.78, 5) is 4.74. The van der Waals surface area contributed by atoms with Gasteiger partial charge in [-0.25, -0.2) is 0 Å². The molecule has 0 aliphatic rings. The summed E-state index contributed by atoms with van der Waals surface area (Å²) in [5, 5.41) is 37.2. The molecule has 0 amide bonds. The molecule has 4 heteroatoms.